The SMILES string of the molecule is CCNC(=NCc1ccc(F)c(C)c1)NCc1cccnc1N1CCCC(C(N)=O)C1. The molecule has 1 fully saturated rings. The number of nitrogens with one attached hydrogen (secondary N) is 2. The van der Waals surface area contributed by atoms with Gasteiger partial charge >= 0.3 is 0 Å². The van der Waals surface area contributed by atoms with Crippen molar-refractivity contribution in [1.82, 2.24) is 15.6 Å². The summed E-state index contributed by atoms with van der Waals surface area (Å²) in [5, 5.41) is 6.59. The number of guanidine groups is 1. The van der Waals surface area contributed by atoms with E-state index in [9.17, 15) is 9.18 Å². The van der Waals surface area contributed by atoms with Crippen LogP contribution in [0, 0.1) is 18.7 Å². The van der Waals surface area contributed by atoms with E-state index in [1.54, 1.807) is 19.2 Å². The van der Waals surface area contributed by atoms with Gasteiger partial charge in [-0.25, -0.2) is 14.4 Å². The van der Waals surface area contributed by atoms with E-state index < -0.39 is 0 Å². The zero-order valence-corrected chi connectivity index (χ0v) is 18.2. The number of hydrogen-bond acceptors (Lipinski definition) is 4. The molecule has 1 aliphatic rings. The molecule has 0 aliphatic carbocycles. The molecule has 8 heteroatoms. The Hall–Kier alpha value is -3.16. The molecule has 1 aromatic carbocycles. The van der Waals surface area contributed by atoms with E-state index >= 15 is 0 Å². The van der Waals surface area contributed by atoms with Crippen LogP contribution in [0.3, 0.4) is 0 Å². The number of pyridine rings is 1. The average Bonchev–Trinajstić information content (AvgIpc) is 2.78. The highest BCUT2D eigenvalue weighted by molar-refractivity contribution is 5.80. The maximum absolute atomic E-state index is 13.5. The van der Waals surface area contributed by atoms with Crippen LogP contribution in [0.15, 0.2) is 41.5 Å². The number of benzene rings is 1. The monoisotopic (exact) mass is 426 g/mol. The molecule has 7 nitrogen and oxygen atoms in total. The Labute approximate surface area is 183 Å². The van der Waals surface area contributed by atoms with Gasteiger partial charge in [0, 0.05) is 37.9 Å². The van der Waals surface area contributed by atoms with Crippen molar-refractivity contribution in [2.24, 2.45) is 16.6 Å². The van der Waals surface area contributed by atoms with Crippen molar-refractivity contribution in [3.05, 3.63) is 59.0 Å². The third kappa shape index (κ3) is 6.16. The summed E-state index contributed by atoms with van der Waals surface area (Å²) in [4.78, 5) is 23.0. The number of aromatic nitrogens is 1. The van der Waals surface area contributed by atoms with E-state index in [1.807, 2.05) is 25.1 Å². The van der Waals surface area contributed by atoms with Gasteiger partial charge in [-0.1, -0.05) is 18.2 Å². The number of amides is 1. The summed E-state index contributed by atoms with van der Waals surface area (Å²) in [5.74, 6) is 0.935. The van der Waals surface area contributed by atoms with Crippen molar-refractivity contribution in [3.63, 3.8) is 0 Å². The maximum Gasteiger partial charge on any atom is 0.222 e. The highest BCUT2D eigenvalue weighted by Gasteiger charge is 2.25. The molecule has 2 heterocycles. The van der Waals surface area contributed by atoms with E-state index in [2.05, 4.69) is 25.5 Å². The van der Waals surface area contributed by atoms with Crippen molar-refractivity contribution in [2.75, 3.05) is 24.5 Å². The van der Waals surface area contributed by atoms with Gasteiger partial charge in [0.15, 0.2) is 5.96 Å². The van der Waals surface area contributed by atoms with Crippen LogP contribution in [-0.4, -0.2) is 36.5 Å². The van der Waals surface area contributed by atoms with Crippen LogP contribution in [-0.2, 0) is 17.9 Å². The zero-order valence-electron chi connectivity index (χ0n) is 18.2. The van der Waals surface area contributed by atoms with Gasteiger partial charge in [-0.15, -0.1) is 0 Å². The predicted octanol–water partition coefficient (Wildman–Crippen LogP) is 2.49. The van der Waals surface area contributed by atoms with Gasteiger partial charge in [-0.3, -0.25) is 4.79 Å². The molecule has 2 aromatic rings. The van der Waals surface area contributed by atoms with Crippen LogP contribution in [0.25, 0.3) is 0 Å². The van der Waals surface area contributed by atoms with Crippen LogP contribution >= 0.6 is 0 Å². The molecule has 0 spiro atoms. The fourth-order valence-corrected chi connectivity index (χ4v) is 3.75. The molecule has 31 heavy (non-hydrogen) atoms. The topological polar surface area (TPSA) is 95.6 Å². The summed E-state index contributed by atoms with van der Waals surface area (Å²) in [6.45, 7) is 6.91. The number of hydrogen-bond donors (Lipinski definition) is 3. The molecule has 1 unspecified atom stereocenters. The lowest BCUT2D eigenvalue weighted by atomic mass is 9.97. The number of primary amides is 1. The summed E-state index contributed by atoms with van der Waals surface area (Å²) >= 11 is 0. The van der Waals surface area contributed by atoms with Crippen LogP contribution in [0.5, 0.6) is 0 Å². The second-order valence-corrected chi connectivity index (χ2v) is 7.81. The number of carbonyl (C=O) groups is 1. The molecule has 166 valence electrons. The third-order valence-corrected chi connectivity index (χ3v) is 5.42. The van der Waals surface area contributed by atoms with Gasteiger partial charge in [-0.2, -0.15) is 0 Å². The summed E-state index contributed by atoms with van der Waals surface area (Å²) < 4.78 is 13.5. The number of halogens is 1. The Morgan fingerprint density at radius 1 is 1.35 bits per heavy atom. The summed E-state index contributed by atoms with van der Waals surface area (Å²) in [6.07, 6.45) is 3.51. The van der Waals surface area contributed by atoms with Crippen molar-refractivity contribution in [2.45, 2.75) is 39.8 Å². The first-order valence-electron chi connectivity index (χ1n) is 10.7. The minimum absolute atomic E-state index is 0.144. The molecule has 4 N–H and O–H groups in total. The molecule has 1 saturated heterocycles. The normalized spacial score (nSPS) is 16.8. The maximum atomic E-state index is 13.5. The van der Waals surface area contributed by atoms with Gasteiger partial charge in [0.25, 0.3) is 0 Å². The summed E-state index contributed by atoms with van der Waals surface area (Å²) in [7, 11) is 0. The van der Waals surface area contributed by atoms with Gasteiger partial charge in [-0.05, 0) is 49.9 Å². The number of nitrogens with two attached hydrogens (primary N) is 1. The fourth-order valence-electron chi connectivity index (χ4n) is 3.75. The van der Waals surface area contributed by atoms with E-state index in [1.165, 1.54) is 6.07 Å². The number of nitrogens with zero attached hydrogens (tertiary/aromatic N) is 3. The molecule has 0 radical (unpaired) electrons. The number of piperidine rings is 1. The lowest BCUT2D eigenvalue weighted by Gasteiger charge is -2.33. The lowest BCUT2D eigenvalue weighted by molar-refractivity contribution is -0.122. The molecule has 0 saturated carbocycles. The minimum atomic E-state index is -0.252. The largest absolute Gasteiger partial charge is 0.369 e. The highest BCUT2D eigenvalue weighted by atomic mass is 19.1. The molecule has 3 rings (SSSR count). The van der Waals surface area contributed by atoms with E-state index in [-0.39, 0.29) is 17.6 Å². The first kappa shape index (κ1) is 22.5. The predicted molar refractivity (Wildman–Crippen MR) is 121 cm³/mol. The molecular weight excluding hydrogens is 395 g/mol. The molecule has 1 amide bonds. The van der Waals surface area contributed by atoms with Gasteiger partial charge in [0.2, 0.25) is 5.91 Å². The lowest BCUT2D eigenvalue weighted by Crippen LogP contribution is -2.42. The van der Waals surface area contributed by atoms with Crippen LogP contribution in [0.4, 0.5) is 10.2 Å². The molecule has 1 atom stereocenters. The minimum Gasteiger partial charge on any atom is -0.369 e. The van der Waals surface area contributed by atoms with Crippen LogP contribution < -0.4 is 21.3 Å². The number of rotatable bonds is 7. The van der Waals surface area contributed by atoms with Crippen molar-refractivity contribution >= 4 is 17.7 Å². The molecular formula is C23H31FN6O. The van der Waals surface area contributed by atoms with E-state index in [4.69, 9.17) is 5.73 Å². The zero-order chi connectivity index (χ0) is 22.2. The van der Waals surface area contributed by atoms with Gasteiger partial charge in [0.05, 0.1) is 12.5 Å². The number of aliphatic imine (C=N–C) groups is 1. The van der Waals surface area contributed by atoms with E-state index in [0.717, 1.165) is 42.9 Å². The van der Waals surface area contributed by atoms with E-state index in [0.29, 0.717) is 31.2 Å². The number of aryl methyl sites for hydroxylation is 1. The van der Waals surface area contributed by atoms with Crippen molar-refractivity contribution in [1.29, 1.82) is 0 Å². The fraction of sp³-hybridized carbons (Fsp3) is 0.435. The first-order chi connectivity index (χ1) is 15.0. The molecule has 1 aromatic heterocycles. The standard InChI is InChI=1S/C23H31FN6O/c1-3-26-23(28-13-17-8-9-20(24)16(2)12-17)29-14-18-6-4-10-27-22(18)30-11-5-7-19(15-30)21(25)31/h4,6,8-10,12,19H,3,5,7,11,13-15H2,1-2H3,(H2,25,31)(H2,26,28,29). The first-order valence-corrected chi connectivity index (χ1v) is 10.7. The Bertz CT molecular complexity index is 932. The Morgan fingerprint density at radius 3 is 2.94 bits per heavy atom. The Morgan fingerprint density at radius 2 is 2.19 bits per heavy atom. The Balaban J connectivity index is 1.69. The second kappa shape index (κ2) is 10.7. The van der Waals surface area contributed by atoms with Crippen molar-refractivity contribution < 1.29 is 9.18 Å². The summed E-state index contributed by atoms with van der Waals surface area (Å²) in [6, 6.07) is 8.96. The van der Waals surface area contributed by atoms with Crippen molar-refractivity contribution in [3.8, 4) is 0 Å². The van der Waals surface area contributed by atoms with Gasteiger partial charge in [0.1, 0.15) is 11.6 Å². The summed E-state index contributed by atoms with van der Waals surface area (Å²) in [5.41, 5.74) is 8.12. The number of anilines is 1. The molecule has 1 aliphatic heterocycles. The van der Waals surface area contributed by atoms with Crippen LogP contribution in [0.2, 0.25) is 0 Å². The quantitative estimate of drug-likeness (QED) is 0.467. The smallest absolute Gasteiger partial charge is 0.222 e. The third-order valence-electron chi connectivity index (χ3n) is 5.42. The number of carbonyl (C=O) groups excluding carboxylic acids is 1. The molecule has 0 bridgehead atoms. The highest BCUT2D eigenvalue weighted by Crippen LogP contribution is 2.24. The average molecular weight is 427 g/mol. The van der Waals surface area contributed by atoms with Gasteiger partial charge < -0.3 is 21.3 Å². The Kier molecular flexibility index (Phi) is 7.81. The second-order valence-electron chi connectivity index (χ2n) is 7.81. The van der Waals surface area contributed by atoms with Crippen LogP contribution in [0.1, 0.15) is 36.5 Å².